The molecule has 0 bridgehead atoms. The number of benzene rings is 2. The number of ether oxygens (including phenoxy) is 1. The zero-order chi connectivity index (χ0) is 13.2. The van der Waals surface area contributed by atoms with Crippen molar-refractivity contribution in [3.8, 4) is 5.75 Å². The van der Waals surface area contributed by atoms with E-state index in [9.17, 15) is 4.79 Å². The number of para-hydroxylation sites is 1. The molecular weight excluding hydrogens is 240 g/mol. The highest BCUT2D eigenvalue weighted by Gasteiger charge is 2.23. The van der Waals surface area contributed by atoms with Gasteiger partial charge in [-0.1, -0.05) is 36.4 Å². The highest BCUT2D eigenvalue weighted by molar-refractivity contribution is 6.09. The first-order valence-corrected chi connectivity index (χ1v) is 5.88. The average molecular weight is 252 g/mol. The molecule has 1 aliphatic rings. The van der Waals surface area contributed by atoms with Crippen LogP contribution in [-0.2, 0) is 4.79 Å². The molecule has 3 rings (SSSR count). The van der Waals surface area contributed by atoms with Gasteiger partial charge < -0.3 is 15.8 Å². The van der Waals surface area contributed by atoms with Crippen molar-refractivity contribution < 1.29 is 9.53 Å². The standard InChI is InChI=1S/C15H12N2O2/c16-11-7-4-8-12-14(11)17-15(18)13(19-12)9-10-5-2-1-3-6-10/h1-9H,16H2,(H,17,18)/b13-9+. The van der Waals surface area contributed by atoms with Gasteiger partial charge in [-0.3, -0.25) is 4.79 Å². The van der Waals surface area contributed by atoms with Crippen molar-refractivity contribution in [3.63, 3.8) is 0 Å². The molecule has 1 aliphatic heterocycles. The number of fused-ring (bicyclic) bond motifs is 1. The van der Waals surface area contributed by atoms with Crippen LogP contribution in [-0.4, -0.2) is 5.91 Å². The fraction of sp³-hybridized carbons (Fsp3) is 0. The predicted molar refractivity (Wildman–Crippen MR) is 74.5 cm³/mol. The van der Waals surface area contributed by atoms with Crippen molar-refractivity contribution in [3.05, 3.63) is 59.9 Å². The number of rotatable bonds is 1. The molecule has 0 spiro atoms. The van der Waals surface area contributed by atoms with E-state index in [-0.39, 0.29) is 11.7 Å². The summed E-state index contributed by atoms with van der Waals surface area (Å²) in [6.07, 6.45) is 1.70. The minimum Gasteiger partial charge on any atom is -0.449 e. The van der Waals surface area contributed by atoms with E-state index < -0.39 is 0 Å². The van der Waals surface area contributed by atoms with E-state index in [2.05, 4.69) is 5.32 Å². The van der Waals surface area contributed by atoms with Gasteiger partial charge in [0, 0.05) is 0 Å². The van der Waals surface area contributed by atoms with Crippen LogP contribution in [0.1, 0.15) is 5.56 Å². The number of nitrogen functional groups attached to an aromatic ring is 1. The summed E-state index contributed by atoms with van der Waals surface area (Å²) >= 11 is 0. The van der Waals surface area contributed by atoms with E-state index in [4.69, 9.17) is 10.5 Å². The lowest BCUT2D eigenvalue weighted by molar-refractivity contribution is -0.115. The van der Waals surface area contributed by atoms with Gasteiger partial charge in [0.15, 0.2) is 11.5 Å². The molecule has 2 aromatic rings. The zero-order valence-corrected chi connectivity index (χ0v) is 10.1. The number of carbonyl (C=O) groups excluding carboxylic acids is 1. The van der Waals surface area contributed by atoms with Crippen LogP contribution in [0.5, 0.6) is 5.75 Å². The van der Waals surface area contributed by atoms with E-state index in [1.165, 1.54) is 0 Å². The van der Waals surface area contributed by atoms with E-state index in [1.54, 1.807) is 24.3 Å². The van der Waals surface area contributed by atoms with Crippen molar-refractivity contribution in [2.75, 3.05) is 11.1 Å². The number of nitrogens with two attached hydrogens (primary N) is 1. The normalized spacial score (nSPS) is 15.6. The third kappa shape index (κ3) is 2.15. The van der Waals surface area contributed by atoms with Crippen LogP contribution in [0.25, 0.3) is 6.08 Å². The topological polar surface area (TPSA) is 64.3 Å². The Hall–Kier alpha value is -2.75. The molecule has 0 radical (unpaired) electrons. The van der Waals surface area contributed by atoms with E-state index >= 15 is 0 Å². The molecule has 2 aromatic carbocycles. The number of carbonyl (C=O) groups is 1. The summed E-state index contributed by atoms with van der Waals surface area (Å²) in [5, 5.41) is 2.74. The molecular formula is C15H12N2O2. The highest BCUT2D eigenvalue weighted by Crippen LogP contribution is 2.35. The second-order valence-electron chi connectivity index (χ2n) is 4.20. The highest BCUT2D eigenvalue weighted by atomic mass is 16.5. The van der Waals surface area contributed by atoms with Gasteiger partial charge in [0.05, 0.1) is 5.69 Å². The van der Waals surface area contributed by atoms with Crippen molar-refractivity contribution in [2.24, 2.45) is 0 Å². The van der Waals surface area contributed by atoms with Crippen molar-refractivity contribution in [2.45, 2.75) is 0 Å². The summed E-state index contributed by atoms with van der Waals surface area (Å²) in [4.78, 5) is 12.0. The van der Waals surface area contributed by atoms with Crippen molar-refractivity contribution in [1.29, 1.82) is 0 Å². The monoisotopic (exact) mass is 252 g/mol. The van der Waals surface area contributed by atoms with Crippen LogP contribution in [0, 0.1) is 0 Å². The van der Waals surface area contributed by atoms with Gasteiger partial charge in [0.25, 0.3) is 5.91 Å². The minimum absolute atomic E-state index is 0.254. The van der Waals surface area contributed by atoms with Crippen LogP contribution in [0.3, 0.4) is 0 Å². The Balaban J connectivity index is 1.99. The summed E-state index contributed by atoms with van der Waals surface area (Å²) in [5.41, 5.74) is 7.71. The molecule has 4 nitrogen and oxygen atoms in total. The van der Waals surface area contributed by atoms with Gasteiger partial charge in [-0.25, -0.2) is 0 Å². The third-order valence-corrected chi connectivity index (χ3v) is 2.84. The molecule has 3 N–H and O–H groups in total. The molecule has 4 heteroatoms. The first kappa shape index (κ1) is 11.3. The summed E-state index contributed by atoms with van der Waals surface area (Å²) in [7, 11) is 0. The van der Waals surface area contributed by atoms with E-state index in [1.807, 2.05) is 30.3 Å². The Morgan fingerprint density at radius 2 is 1.84 bits per heavy atom. The Labute approximate surface area is 110 Å². The largest absolute Gasteiger partial charge is 0.449 e. The fourth-order valence-corrected chi connectivity index (χ4v) is 1.90. The van der Waals surface area contributed by atoms with Gasteiger partial charge in [0.2, 0.25) is 0 Å². The first-order valence-electron chi connectivity index (χ1n) is 5.88. The number of anilines is 2. The molecule has 0 fully saturated rings. The summed E-state index contributed by atoms with van der Waals surface area (Å²) < 4.78 is 5.60. The number of hydrogen-bond donors (Lipinski definition) is 2. The van der Waals surface area contributed by atoms with Gasteiger partial charge in [-0.15, -0.1) is 0 Å². The maximum Gasteiger partial charge on any atom is 0.291 e. The third-order valence-electron chi connectivity index (χ3n) is 2.84. The van der Waals surface area contributed by atoms with E-state index in [0.29, 0.717) is 17.1 Å². The molecule has 19 heavy (non-hydrogen) atoms. The smallest absolute Gasteiger partial charge is 0.291 e. The second-order valence-corrected chi connectivity index (χ2v) is 4.20. The molecule has 1 amide bonds. The number of hydrogen-bond acceptors (Lipinski definition) is 3. The van der Waals surface area contributed by atoms with Crippen LogP contribution < -0.4 is 15.8 Å². The lowest BCUT2D eigenvalue weighted by Gasteiger charge is -2.21. The zero-order valence-electron chi connectivity index (χ0n) is 10.1. The molecule has 0 atom stereocenters. The number of nitrogens with one attached hydrogen (secondary N) is 1. The van der Waals surface area contributed by atoms with Crippen molar-refractivity contribution in [1.82, 2.24) is 0 Å². The Bertz CT molecular complexity index is 663. The molecule has 0 saturated carbocycles. The maximum absolute atomic E-state index is 12.0. The first-order chi connectivity index (χ1) is 9.24. The van der Waals surface area contributed by atoms with Crippen LogP contribution >= 0.6 is 0 Å². The Morgan fingerprint density at radius 3 is 2.63 bits per heavy atom. The quantitative estimate of drug-likeness (QED) is 0.605. The molecule has 0 aliphatic carbocycles. The Morgan fingerprint density at radius 1 is 1.05 bits per heavy atom. The van der Waals surface area contributed by atoms with E-state index in [0.717, 1.165) is 5.56 Å². The fourth-order valence-electron chi connectivity index (χ4n) is 1.90. The predicted octanol–water partition coefficient (Wildman–Crippen LogP) is 2.64. The summed E-state index contributed by atoms with van der Waals surface area (Å²) in [6.45, 7) is 0. The van der Waals surface area contributed by atoms with Crippen LogP contribution in [0.15, 0.2) is 54.3 Å². The lowest BCUT2D eigenvalue weighted by atomic mass is 10.1. The lowest BCUT2D eigenvalue weighted by Crippen LogP contribution is -2.24. The van der Waals surface area contributed by atoms with Crippen LogP contribution in [0.2, 0.25) is 0 Å². The second kappa shape index (κ2) is 4.49. The van der Waals surface area contributed by atoms with Crippen LogP contribution in [0.4, 0.5) is 11.4 Å². The van der Waals surface area contributed by atoms with Gasteiger partial charge in [-0.2, -0.15) is 0 Å². The summed E-state index contributed by atoms with van der Waals surface area (Å²) in [6, 6.07) is 14.8. The van der Waals surface area contributed by atoms with Crippen molar-refractivity contribution >= 4 is 23.4 Å². The number of amides is 1. The summed E-state index contributed by atoms with van der Waals surface area (Å²) in [5.74, 6) is 0.514. The SMILES string of the molecule is Nc1cccc2c1NC(=O)/C(=C\c1ccccc1)O2. The Kier molecular flexibility index (Phi) is 2.68. The molecule has 0 aromatic heterocycles. The van der Waals surface area contributed by atoms with Gasteiger partial charge in [0.1, 0.15) is 5.69 Å². The molecule has 0 unspecified atom stereocenters. The van der Waals surface area contributed by atoms with Gasteiger partial charge in [-0.05, 0) is 23.8 Å². The maximum atomic E-state index is 12.0. The van der Waals surface area contributed by atoms with Gasteiger partial charge >= 0.3 is 0 Å². The average Bonchev–Trinajstić information content (AvgIpc) is 2.42. The minimum atomic E-state index is -0.297. The molecule has 0 saturated heterocycles. The molecule has 94 valence electrons. The molecule has 1 heterocycles.